The van der Waals surface area contributed by atoms with Crippen molar-refractivity contribution in [3.63, 3.8) is 0 Å². The molecule has 0 N–H and O–H groups in total. The van der Waals surface area contributed by atoms with Crippen molar-refractivity contribution in [2.24, 2.45) is 0 Å². The van der Waals surface area contributed by atoms with E-state index in [4.69, 9.17) is 19.1 Å². The van der Waals surface area contributed by atoms with Gasteiger partial charge in [-0.25, -0.2) is 0 Å². The van der Waals surface area contributed by atoms with Crippen LogP contribution in [0, 0.1) is 6.07 Å². The van der Waals surface area contributed by atoms with Crippen LogP contribution in [0.1, 0.15) is 140 Å². The zero-order valence-electron chi connectivity index (χ0n) is 26.8. The molecule has 5 rings (SSSR count). The van der Waals surface area contributed by atoms with Crippen LogP contribution in [0.25, 0.3) is 22.3 Å². The van der Waals surface area contributed by atoms with Gasteiger partial charge in [0, 0.05) is 0 Å². The van der Waals surface area contributed by atoms with E-state index in [1.165, 1.54) is 103 Å². The Balaban J connectivity index is 0.000000227. The molecule has 0 heterocycles. The van der Waals surface area contributed by atoms with Gasteiger partial charge in [-0.15, -0.1) is 0 Å². The van der Waals surface area contributed by atoms with Crippen LogP contribution in [0.4, 0.5) is 0 Å². The average molecular weight is 699 g/mol. The fourth-order valence-electron chi connectivity index (χ4n) is 6.77. The Morgan fingerprint density at radius 1 is 0.619 bits per heavy atom. The third-order valence-corrected chi connectivity index (χ3v) is 18.8. The number of rotatable bonds is 7. The van der Waals surface area contributed by atoms with E-state index in [2.05, 4.69) is 96.1 Å². The summed E-state index contributed by atoms with van der Waals surface area (Å²) < 4.78 is 1.43. The number of benzene rings is 3. The van der Waals surface area contributed by atoms with Crippen molar-refractivity contribution in [2.45, 2.75) is 132 Å². The zero-order chi connectivity index (χ0) is 30.3. The summed E-state index contributed by atoms with van der Waals surface area (Å²) in [5.41, 5.74) is 9.66. The third-order valence-electron chi connectivity index (χ3n) is 8.98. The second-order valence-corrected chi connectivity index (χ2v) is 23.2. The molecule has 0 atom stereocenters. The van der Waals surface area contributed by atoms with Gasteiger partial charge in [0.2, 0.25) is 0 Å². The summed E-state index contributed by atoms with van der Waals surface area (Å²) in [5.74, 6) is 1.37. The fourth-order valence-corrected chi connectivity index (χ4v) is 14.7. The molecule has 2 aliphatic rings. The minimum atomic E-state index is -2.08. The molecule has 42 heavy (non-hydrogen) atoms. The predicted molar refractivity (Wildman–Crippen MR) is 184 cm³/mol. The summed E-state index contributed by atoms with van der Waals surface area (Å²) in [6.45, 7) is 13.9. The van der Waals surface area contributed by atoms with Crippen molar-refractivity contribution in [3.8, 4) is 22.3 Å². The Morgan fingerprint density at radius 2 is 1.12 bits per heavy atom. The monoisotopic (exact) mass is 697 g/mol. The van der Waals surface area contributed by atoms with Gasteiger partial charge in [0.05, 0.1) is 0 Å². The molecular formula is C39H53Cl2Pd. The first-order valence-electron chi connectivity index (χ1n) is 16.4. The molecule has 233 valence electrons. The van der Waals surface area contributed by atoms with E-state index in [0.717, 1.165) is 8.78 Å². The van der Waals surface area contributed by atoms with E-state index in [1.807, 2.05) is 12.1 Å². The molecule has 0 nitrogen and oxygen atoms in total. The van der Waals surface area contributed by atoms with E-state index in [-0.39, 0.29) is 0 Å². The van der Waals surface area contributed by atoms with Crippen LogP contribution in [0.5, 0.6) is 0 Å². The van der Waals surface area contributed by atoms with E-state index >= 15 is 0 Å². The van der Waals surface area contributed by atoms with Gasteiger partial charge < -0.3 is 0 Å². The van der Waals surface area contributed by atoms with Gasteiger partial charge in [-0.2, -0.15) is 0 Å². The average Bonchev–Trinajstić information content (AvgIpc) is 3.02. The molecule has 0 saturated heterocycles. The first-order valence-corrected chi connectivity index (χ1v) is 22.2. The van der Waals surface area contributed by atoms with Gasteiger partial charge in [0.1, 0.15) is 0 Å². The first-order chi connectivity index (χ1) is 20.1. The predicted octanol–water partition coefficient (Wildman–Crippen LogP) is 14.1. The maximum atomic E-state index is 6.81. The summed E-state index contributed by atoms with van der Waals surface area (Å²) in [4.78, 5) is 0. The molecule has 3 aromatic carbocycles. The molecule has 0 aromatic heterocycles. The topological polar surface area (TPSA) is 0 Å². The van der Waals surface area contributed by atoms with Crippen LogP contribution >= 0.6 is 19.1 Å². The van der Waals surface area contributed by atoms with Crippen molar-refractivity contribution in [3.05, 3.63) is 83.4 Å². The molecule has 0 unspecified atom stereocenters. The molecule has 2 aliphatic carbocycles. The van der Waals surface area contributed by atoms with Crippen LogP contribution < -0.4 is 0 Å². The van der Waals surface area contributed by atoms with Crippen molar-refractivity contribution in [1.29, 1.82) is 0 Å². The molecular weight excluding hydrogens is 646 g/mol. The maximum absolute atomic E-state index is 6.81. The van der Waals surface area contributed by atoms with Gasteiger partial charge in [-0.05, 0) is 62.8 Å². The number of hydrogen-bond acceptors (Lipinski definition) is 0. The summed E-state index contributed by atoms with van der Waals surface area (Å²) in [6, 6.07) is 25.3. The summed E-state index contributed by atoms with van der Waals surface area (Å²) in [7, 11) is 13.6. The van der Waals surface area contributed by atoms with Crippen LogP contribution in [0.15, 0.2) is 60.7 Å². The third kappa shape index (κ3) is 8.13. The van der Waals surface area contributed by atoms with Gasteiger partial charge in [-0.1, -0.05) is 102 Å². The molecule has 0 bridgehead atoms. The van der Waals surface area contributed by atoms with Crippen LogP contribution in [0.2, 0.25) is 8.78 Å². The molecule has 3 heteroatoms. The summed E-state index contributed by atoms with van der Waals surface area (Å²) >= 11 is -2.08. The molecule has 0 spiro atoms. The molecule has 2 fully saturated rings. The van der Waals surface area contributed by atoms with E-state index < -0.39 is 13.5 Å². The van der Waals surface area contributed by atoms with Crippen LogP contribution in [-0.4, -0.2) is 0 Å². The first kappa shape index (κ1) is 33.8. The summed E-state index contributed by atoms with van der Waals surface area (Å²) in [5, 5.41) is 0. The zero-order valence-corrected chi connectivity index (χ0v) is 29.9. The van der Waals surface area contributed by atoms with Gasteiger partial charge in [-0.3, -0.25) is 0 Å². The van der Waals surface area contributed by atoms with Crippen LogP contribution in [0.3, 0.4) is 0 Å². The Labute approximate surface area is 269 Å². The fraction of sp³-hybridized carbons (Fsp3) is 0.538. The molecule has 3 aromatic rings. The second kappa shape index (κ2) is 15.8. The Bertz CT molecular complexity index is 1140. The normalized spacial score (nSPS) is 17.4. The number of hydrogen-bond donors (Lipinski definition) is 0. The summed E-state index contributed by atoms with van der Waals surface area (Å²) in [6.07, 6.45) is 13.6. The van der Waals surface area contributed by atoms with Gasteiger partial charge >= 0.3 is 106 Å². The van der Waals surface area contributed by atoms with Gasteiger partial charge in [0.25, 0.3) is 0 Å². The Hall–Kier alpha value is -1.10. The molecule has 0 amide bonds. The molecule has 1 radical (unpaired) electrons. The van der Waals surface area contributed by atoms with Gasteiger partial charge in [0.15, 0.2) is 0 Å². The van der Waals surface area contributed by atoms with Crippen molar-refractivity contribution in [1.82, 2.24) is 0 Å². The quantitative estimate of drug-likeness (QED) is 0.216. The molecule has 2 saturated carbocycles. The van der Waals surface area contributed by atoms with Crippen molar-refractivity contribution < 1.29 is 13.5 Å². The molecule has 0 aliphatic heterocycles. The van der Waals surface area contributed by atoms with E-state index in [1.54, 1.807) is 0 Å². The Kier molecular flexibility index (Phi) is 12.7. The second-order valence-electron chi connectivity index (χ2n) is 13.1. The van der Waals surface area contributed by atoms with Crippen molar-refractivity contribution in [2.75, 3.05) is 0 Å². The van der Waals surface area contributed by atoms with E-state index in [0.29, 0.717) is 17.8 Å². The number of halogens is 2. The van der Waals surface area contributed by atoms with E-state index in [9.17, 15) is 0 Å². The standard InChI is InChI=1S/C27H31.2C6H11.2ClH.Pd/c1-18(2)23-17-24(19(3)4)27(22-15-11-8-12-16-22)25(20(5)6)26(23)21-13-9-7-10-14-21;2*1-2-4-6-5-3-1;;;/h7-15,17-20H,1-6H3;2*1H,2-6H2;2*1H;/q;;;;;+2/p-2. The minimum absolute atomic E-state index is 0.431. The van der Waals surface area contributed by atoms with Crippen LogP contribution in [-0.2, 0) is 13.5 Å². The Morgan fingerprint density at radius 3 is 1.57 bits per heavy atom. The SMILES string of the molecule is CC(C)c1cc(C(C)C)c(-c2ccccc2)c(C(C)C)c1-c1[c]cccc1.[Cl][Pd]([Cl])([CH]1CCCCC1)[CH]1CCCCC1. The van der Waals surface area contributed by atoms with Crippen molar-refractivity contribution >= 4 is 19.1 Å².